The van der Waals surface area contributed by atoms with Crippen molar-refractivity contribution < 1.29 is 14.3 Å². The number of hydrogen-bond donors (Lipinski definition) is 0. The first kappa shape index (κ1) is 10.9. The topological polar surface area (TPSA) is 35.5 Å². The predicted molar refractivity (Wildman–Crippen MR) is 50.6 cm³/mol. The van der Waals surface area contributed by atoms with Crippen LogP contribution in [0.25, 0.3) is 0 Å². The van der Waals surface area contributed by atoms with Gasteiger partial charge in [-0.25, -0.2) is 0 Å². The molecule has 11 heavy (non-hydrogen) atoms. The second kappa shape index (κ2) is 6.60. The third kappa shape index (κ3) is 5.20. The first-order chi connectivity index (χ1) is 5.24. The summed E-state index contributed by atoms with van der Waals surface area (Å²) in [5, 5.41) is 0. The van der Waals surface area contributed by atoms with Crippen LogP contribution in [0.15, 0.2) is 10.2 Å². The first-order valence-electron chi connectivity index (χ1n) is 3.11. The predicted octanol–water partition coefficient (Wildman–Crippen LogP) is 1.51. The van der Waals surface area contributed by atoms with Crippen LogP contribution in [0.3, 0.4) is 0 Å². The molecule has 0 aromatic heterocycles. The van der Waals surface area contributed by atoms with Crippen molar-refractivity contribution in [3.63, 3.8) is 0 Å². The van der Waals surface area contributed by atoms with Gasteiger partial charge in [-0.1, -0.05) is 22.6 Å². The zero-order valence-corrected chi connectivity index (χ0v) is 8.70. The monoisotopic (exact) mass is 270 g/mol. The molecule has 0 N–H and O–H groups in total. The van der Waals surface area contributed by atoms with Gasteiger partial charge in [0.2, 0.25) is 0 Å². The van der Waals surface area contributed by atoms with Gasteiger partial charge in [0.25, 0.3) is 0 Å². The van der Waals surface area contributed by atoms with Gasteiger partial charge in [0.1, 0.15) is 0 Å². The van der Waals surface area contributed by atoms with Gasteiger partial charge in [0.15, 0.2) is 0 Å². The van der Waals surface area contributed by atoms with Crippen LogP contribution in [0, 0.1) is 0 Å². The maximum atomic E-state index is 10.7. The van der Waals surface area contributed by atoms with Crippen molar-refractivity contribution in [1.29, 1.82) is 0 Å². The van der Waals surface area contributed by atoms with Crippen molar-refractivity contribution in [2.75, 3.05) is 14.2 Å². The maximum Gasteiger partial charge on any atom is 0.308 e. The summed E-state index contributed by atoms with van der Waals surface area (Å²) < 4.78 is 11.3. The number of esters is 1. The molecule has 0 radical (unpaired) electrons. The molecule has 0 rings (SSSR count). The van der Waals surface area contributed by atoms with Gasteiger partial charge in [-0.2, -0.15) is 0 Å². The quantitative estimate of drug-likeness (QED) is 0.574. The summed E-state index contributed by atoms with van der Waals surface area (Å²) in [4.78, 5) is 10.7. The Morgan fingerprint density at radius 3 is 2.64 bits per heavy atom. The third-order valence-corrected chi connectivity index (χ3v) is 1.60. The van der Waals surface area contributed by atoms with Crippen LogP contribution in [0.2, 0.25) is 0 Å². The van der Waals surface area contributed by atoms with E-state index < -0.39 is 0 Å². The lowest BCUT2D eigenvalue weighted by Gasteiger charge is -2.07. The summed E-state index contributed by atoms with van der Waals surface area (Å²) >= 11 is 2.07. The summed E-state index contributed by atoms with van der Waals surface area (Å²) in [5.74, 6) is -0.258. The molecule has 0 unspecified atom stereocenters. The van der Waals surface area contributed by atoms with Gasteiger partial charge in [-0.3, -0.25) is 4.79 Å². The maximum absolute atomic E-state index is 10.7. The van der Waals surface area contributed by atoms with E-state index >= 15 is 0 Å². The average molecular weight is 270 g/mol. The van der Waals surface area contributed by atoms with Crippen LogP contribution < -0.4 is 0 Å². The number of hydrogen-bond acceptors (Lipinski definition) is 3. The Balaban J connectivity index is 3.77. The lowest BCUT2D eigenvalue weighted by Crippen LogP contribution is -2.14. The third-order valence-electron chi connectivity index (χ3n) is 1.19. The Morgan fingerprint density at radius 1 is 1.64 bits per heavy atom. The van der Waals surface area contributed by atoms with E-state index in [1.165, 1.54) is 7.11 Å². The molecule has 0 heterocycles. The van der Waals surface area contributed by atoms with Crippen molar-refractivity contribution in [3.05, 3.63) is 10.2 Å². The highest BCUT2D eigenvalue weighted by atomic mass is 127. The summed E-state index contributed by atoms with van der Waals surface area (Å²) in [5.41, 5.74) is 0. The van der Waals surface area contributed by atoms with Crippen molar-refractivity contribution in [2.45, 2.75) is 12.5 Å². The Kier molecular flexibility index (Phi) is 6.54. The highest BCUT2D eigenvalue weighted by Crippen LogP contribution is 2.02. The Hall–Kier alpha value is -0.100. The van der Waals surface area contributed by atoms with Gasteiger partial charge >= 0.3 is 5.97 Å². The van der Waals surface area contributed by atoms with E-state index in [2.05, 4.69) is 27.3 Å². The fourth-order valence-electron chi connectivity index (χ4n) is 0.559. The molecule has 64 valence electrons. The molecular formula is C7H11IO3. The molecule has 0 fully saturated rings. The minimum atomic E-state index is -0.258. The molecule has 0 aliphatic rings. The van der Waals surface area contributed by atoms with Crippen LogP contribution in [0.4, 0.5) is 0 Å². The molecule has 1 atom stereocenters. The number of carbonyl (C=O) groups excluding carboxylic acids is 1. The SMILES string of the molecule is COC(=O)C[C@@H](/C=C\I)OC. The summed E-state index contributed by atoms with van der Waals surface area (Å²) in [6, 6.07) is 0. The van der Waals surface area contributed by atoms with E-state index in [0.29, 0.717) is 0 Å². The number of rotatable bonds is 4. The molecule has 0 saturated heterocycles. The lowest BCUT2D eigenvalue weighted by molar-refractivity contribution is -0.142. The van der Waals surface area contributed by atoms with Gasteiger partial charge in [0.05, 0.1) is 19.6 Å². The molecule has 0 amide bonds. The number of carbonyl (C=O) groups is 1. The fraction of sp³-hybridized carbons (Fsp3) is 0.571. The standard InChI is InChI=1S/C7H11IO3/c1-10-6(3-4-8)5-7(9)11-2/h3-4,6H,5H2,1-2H3/b4-3-/t6-/m1/s1. The summed E-state index contributed by atoms with van der Waals surface area (Å²) in [6.45, 7) is 0. The van der Waals surface area contributed by atoms with Gasteiger partial charge in [0, 0.05) is 7.11 Å². The molecule has 0 aliphatic heterocycles. The van der Waals surface area contributed by atoms with Crippen molar-refractivity contribution >= 4 is 28.6 Å². The fourth-order valence-corrected chi connectivity index (χ4v) is 1.02. The second-order valence-electron chi connectivity index (χ2n) is 1.87. The highest BCUT2D eigenvalue weighted by molar-refractivity contribution is 14.1. The van der Waals surface area contributed by atoms with Crippen molar-refractivity contribution in [2.24, 2.45) is 0 Å². The molecule has 0 aromatic rings. The van der Waals surface area contributed by atoms with Crippen molar-refractivity contribution in [3.8, 4) is 0 Å². The largest absolute Gasteiger partial charge is 0.469 e. The van der Waals surface area contributed by atoms with E-state index in [4.69, 9.17) is 4.74 Å². The number of methoxy groups -OCH3 is 2. The van der Waals surface area contributed by atoms with Gasteiger partial charge in [-0.05, 0) is 10.2 Å². The van der Waals surface area contributed by atoms with Gasteiger partial charge < -0.3 is 9.47 Å². The smallest absolute Gasteiger partial charge is 0.308 e. The Labute approximate surface area is 79.9 Å². The molecule has 0 saturated carbocycles. The van der Waals surface area contributed by atoms with E-state index in [9.17, 15) is 4.79 Å². The van der Waals surface area contributed by atoms with E-state index in [1.807, 2.05) is 4.08 Å². The second-order valence-corrected chi connectivity index (χ2v) is 2.59. The average Bonchev–Trinajstić information content (AvgIpc) is 2.03. The molecule has 0 aliphatic carbocycles. The molecule has 3 nitrogen and oxygen atoms in total. The van der Waals surface area contributed by atoms with Crippen LogP contribution in [0.5, 0.6) is 0 Å². The first-order valence-corrected chi connectivity index (χ1v) is 4.35. The summed E-state index contributed by atoms with van der Waals surface area (Å²) in [6.07, 6.45) is 1.91. The molecule has 4 heteroatoms. The zero-order chi connectivity index (χ0) is 8.69. The Bertz CT molecular complexity index is 145. The molecular weight excluding hydrogens is 259 g/mol. The van der Waals surface area contributed by atoms with Crippen LogP contribution in [0.1, 0.15) is 6.42 Å². The number of ether oxygens (including phenoxy) is 2. The molecule has 0 aromatic carbocycles. The lowest BCUT2D eigenvalue weighted by atomic mass is 10.2. The highest BCUT2D eigenvalue weighted by Gasteiger charge is 2.08. The minimum Gasteiger partial charge on any atom is -0.469 e. The molecule has 0 spiro atoms. The zero-order valence-electron chi connectivity index (χ0n) is 6.54. The molecule has 0 bridgehead atoms. The normalized spacial score (nSPS) is 13.4. The van der Waals surface area contributed by atoms with E-state index in [0.717, 1.165) is 0 Å². The van der Waals surface area contributed by atoms with Gasteiger partial charge in [-0.15, -0.1) is 0 Å². The van der Waals surface area contributed by atoms with Crippen molar-refractivity contribution in [1.82, 2.24) is 0 Å². The van der Waals surface area contributed by atoms with Crippen LogP contribution >= 0.6 is 22.6 Å². The number of halogens is 1. The Morgan fingerprint density at radius 2 is 2.27 bits per heavy atom. The van der Waals surface area contributed by atoms with Crippen LogP contribution in [-0.4, -0.2) is 26.3 Å². The van der Waals surface area contributed by atoms with Crippen LogP contribution in [-0.2, 0) is 14.3 Å². The van der Waals surface area contributed by atoms with E-state index in [-0.39, 0.29) is 18.5 Å². The van der Waals surface area contributed by atoms with E-state index in [1.54, 1.807) is 13.2 Å². The minimum absolute atomic E-state index is 0.167. The summed E-state index contributed by atoms with van der Waals surface area (Å²) in [7, 11) is 2.92.